The smallest absolute Gasteiger partial charge is 0.262 e. The Hall–Kier alpha value is -3.37. The summed E-state index contributed by atoms with van der Waals surface area (Å²) in [6, 6.07) is 9.91. The van der Waals surface area contributed by atoms with Gasteiger partial charge < -0.3 is 16.2 Å². The first-order valence-electron chi connectivity index (χ1n) is 10.1. The highest BCUT2D eigenvalue weighted by atomic mass is 35.5. The Balaban J connectivity index is 0.00000408. The van der Waals surface area contributed by atoms with Crippen LogP contribution in [-0.2, 0) is 27.8 Å². The standard InChI is InChI=1S/C23H25FN4O4S.ClH/c1-13-5-8-20(28-33(31,32)17-7-4-14(2)19(24)10-17)23(30)18(13)11-22(29)26-12-16-6-9-21(25)27-15(16)3;/h4-10,28,30H,11-12H2,1-3H3,(H2,25,27)(H,26,29);1H. The molecule has 182 valence electrons. The molecule has 3 rings (SSSR count). The summed E-state index contributed by atoms with van der Waals surface area (Å²) in [5.74, 6) is -1.01. The summed E-state index contributed by atoms with van der Waals surface area (Å²) in [7, 11) is -4.16. The molecule has 5 N–H and O–H groups in total. The number of carbonyl (C=O) groups is 1. The molecular formula is C23H26ClFN4O4S. The minimum Gasteiger partial charge on any atom is -0.505 e. The van der Waals surface area contributed by atoms with E-state index in [2.05, 4.69) is 15.0 Å². The van der Waals surface area contributed by atoms with Gasteiger partial charge in [0.05, 0.1) is 17.0 Å². The summed E-state index contributed by atoms with van der Waals surface area (Å²) in [6.07, 6.45) is -0.173. The van der Waals surface area contributed by atoms with Crippen LogP contribution in [0.5, 0.6) is 5.75 Å². The van der Waals surface area contributed by atoms with E-state index in [-0.39, 0.29) is 53.2 Å². The molecular weight excluding hydrogens is 483 g/mol. The van der Waals surface area contributed by atoms with Crippen molar-refractivity contribution in [3.05, 3.63) is 76.2 Å². The van der Waals surface area contributed by atoms with Crippen LogP contribution in [0.2, 0.25) is 0 Å². The lowest BCUT2D eigenvalue weighted by atomic mass is 10.0. The molecule has 0 aliphatic heterocycles. The Labute approximate surface area is 203 Å². The van der Waals surface area contributed by atoms with Gasteiger partial charge in [-0.3, -0.25) is 9.52 Å². The van der Waals surface area contributed by atoms with Gasteiger partial charge in [-0.25, -0.2) is 17.8 Å². The van der Waals surface area contributed by atoms with Gasteiger partial charge in [0.15, 0.2) is 0 Å². The van der Waals surface area contributed by atoms with Crippen molar-refractivity contribution in [1.29, 1.82) is 0 Å². The fourth-order valence-corrected chi connectivity index (χ4v) is 4.28. The fraction of sp³-hybridized carbons (Fsp3) is 0.217. The van der Waals surface area contributed by atoms with Gasteiger partial charge in [-0.1, -0.05) is 18.2 Å². The zero-order valence-corrected chi connectivity index (χ0v) is 20.5. The molecule has 3 aromatic rings. The number of amides is 1. The fourth-order valence-electron chi connectivity index (χ4n) is 3.20. The van der Waals surface area contributed by atoms with Crippen LogP contribution in [0.4, 0.5) is 15.9 Å². The number of nitrogens with one attached hydrogen (secondary N) is 2. The lowest BCUT2D eigenvalue weighted by Crippen LogP contribution is -2.25. The molecule has 1 aromatic heterocycles. The number of carbonyl (C=O) groups excluding carboxylic acids is 1. The van der Waals surface area contributed by atoms with Crippen molar-refractivity contribution in [2.75, 3.05) is 10.5 Å². The average Bonchev–Trinajstić information content (AvgIpc) is 2.74. The van der Waals surface area contributed by atoms with Crippen molar-refractivity contribution in [2.45, 2.75) is 38.6 Å². The number of aromatic hydroxyl groups is 1. The molecule has 0 bridgehead atoms. The van der Waals surface area contributed by atoms with Crippen LogP contribution in [0.3, 0.4) is 0 Å². The van der Waals surface area contributed by atoms with Crippen molar-refractivity contribution in [3.8, 4) is 5.75 Å². The molecule has 0 radical (unpaired) electrons. The highest BCUT2D eigenvalue weighted by Gasteiger charge is 2.20. The molecule has 1 amide bonds. The van der Waals surface area contributed by atoms with Gasteiger partial charge in [0.25, 0.3) is 10.0 Å². The van der Waals surface area contributed by atoms with Crippen molar-refractivity contribution >= 4 is 39.8 Å². The summed E-state index contributed by atoms with van der Waals surface area (Å²) in [5, 5.41) is 13.4. The van der Waals surface area contributed by atoms with Crippen LogP contribution in [-0.4, -0.2) is 24.4 Å². The summed E-state index contributed by atoms with van der Waals surface area (Å²) in [5.41, 5.74) is 8.21. The molecule has 0 spiro atoms. The number of hydrogen-bond acceptors (Lipinski definition) is 6. The number of benzene rings is 2. The average molecular weight is 509 g/mol. The number of anilines is 2. The summed E-state index contributed by atoms with van der Waals surface area (Å²) >= 11 is 0. The number of rotatable bonds is 7. The van der Waals surface area contributed by atoms with Gasteiger partial charge in [-0.05, 0) is 61.7 Å². The largest absolute Gasteiger partial charge is 0.505 e. The highest BCUT2D eigenvalue weighted by molar-refractivity contribution is 7.92. The molecule has 0 unspecified atom stereocenters. The second kappa shape index (κ2) is 10.7. The summed E-state index contributed by atoms with van der Waals surface area (Å²) in [6.45, 7) is 5.23. The van der Waals surface area contributed by atoms with Gasteiger partial charge in [-0.15, -0.1) is 12.4 Å². The molecule has 0 aliphatic carbocycles. The van der Waals surface area contributed by atoms with Gasteiger partial charge in [0.1, 0.15) is 17.4 Å². The monoisotopic (exact) mass is 508 g/mol. The first-order valence-corrected chi connectivity index (χ1v) is 11.6. The quantitative estimate of drug-likeness (QED) is 0.361. The van der Waals surface area contributed by atoms with Gasteiger partial charge in [-0.2, -0.15) is 0 Å². The van der Waals surface area contributed by atoms with E-state index in [4.69, 9.17) is 5.73 Å². The molecule has 0 saturated carbocycles. The van der Waals surface area contributed by atoms with E-state index < -0.39 is 15.8 Å². The predicted molar refractivity (Wildman–Crippen MR) is 131 cm³/mol. The van der Waals surface area contributed by atoms with Crippen molar-refractivity contribution in [1.82, 2.24) is 10.3 Å². The van der Waals surface area contributed by atoms with E-state index in [1.54, 1.807) is 32.0 Å². The second-order valence-corrected chi connectivity index (χ2v) is 9.39. The minimum atomic E-state index is -4.16. The zero-order valence-electron chi connectivity index (χ0n) is 18.8. The molecule has 0 aliphatic rings. The third-order valence-electron chi connectivity index (χ3n) is 5.25. The number of aromatic nitrogens is 1. The number of nitrogens with two attached hydrogens (primary N) is 1. The number of nitrogen functional groups attached to an aromatic ring is 1. The van der Waals surface area contributed by atoms with E-state index >= 15 is 0 Å². The Morgan fingerprint density at radius 2 is 1.76 bits per heavy atom. The van der Waals surface area contributed by atoms with Crippen LogP contribution < -0.4 is 15.8 Å². The van der Waals surface area contributed by atoms with Gasteiger partial charge in [0.2, 0.25) is 5.91 Å². The van der Waals surface area contributed by atoms with Crippen LogP contribution in [0.15, 0.2) is 47.4 Å². The lowest BCUT2D eigenvalue weighted by Gasteiger charge is -2.15. The summed E-state index contributed by atoms with van der Waals surface area (Å²) in [4.78, 5) is 16.4. The molecule has 11 heteroatoms. The van der Waals surface area contributed by atoms with E-state index in [1.165, 1.54) is 25.1 Å². The number of hydrogen-bond donors (Lipinski definition) is 4. The van der Waals surface area contributed by atoms with E-state index in [1.807, 2.05) is 0 Å². The maximum Gasteiger partial charge on any atom is 0.262 e. The topological polar surface area (TPSA) is 134 Å². The predicted octanol–water partition coefficient (Wildman–Crippen LogP) is 3.52. The Morgan fingerprint density at radius 1 is 1.09 bits per heavy atom. The molecule has 8 nitrogen and oxygen atoms in total. The van der Waals surface area contributed by atoms with E-state index in [9.17, 15) is 22.7 Å². The minimum absolute atomic E-state index is 0. The highest BCUT2D eigenvalue weighted by Crippen LogP contribution is 2.32. The second-order valence-electron chi connectivity index (χ2n) is 7.71. The number of phenols is 1. The molecule has 2 aromatic carbocycles. The molecule has 0 saturated heterocycles. The first kappa shape index (κ1) is 26.9. The maximum atomic E-state index is 13.8. The lowest BCUT2D eigenvalue weighted by molar-refractivity contribution is -0.120. The number of halogens is 2. The number of nitrogens with zero attached hydrogens (tertiary/aromatic N) is 1. The summed E-state index contributed by atoms with van der Waals surface area (Å²) < 4.78 is 41.4. The molecule has 0 atom stereocenters. The molecule has 1 heterocycles. The Morgan fingerprint density at radius 3 is 2.41 bits per heavy atom. The van der Waals surface area contributed by atoms with Crippen LogP contribution in [0.1, 0.15) is 27.9 Å². The Bertz CT molecular complexity index is 1330. The zero-order chi connectivity index (χ0) is 24.3. The normalized spacial score (nSPS) is 10.9. The van der Waals surface area contributed by atoms with Crippen molar-refractivity contribution in [2.24, 2.45) is 0 Å². The third-order valence-corrected chi connectivity index (χ3v) is 6.61. The maximum absolute atomic E-state index is 13.8. The van der Waals surface area contributed by atoms with Gasteiger partial charge >= 0.3 is 0 Å². The number of phenolic OH excluding ortho intramolecular Hbond substituents is 1. The number of aryl methyl sites for hydroxylation is 3. The van der Waals surface area contributed by atoms with Crippen molar-refractivity contribution in [3.63, 3.8) is 0 Å². The van der Waals surface area contributed by atoms with Crippen molar-refractivity contribution < 1.29 is 22.7 Å². The Kier molecular flexibility index (Phi) is 8.46. The van der Waals surface area contributed by atoms with Crippen LogP contribution in [0.25, 0.3) is 0 Å². The van der Waals surface area contributed by atoms with E-state index in [0.29, 0.717) is 22.6 Å². The first-order chi connectivity index (χ1) is 15.5. The van der Waals surface area contributed by atoms with E-state index in [0.717, 1.165) is 11.6 Å². The van der Waals surface area contributed by atoms with Crippen LogP contribution in [0, 0.1) is 26.6 Å². The number of sulfonamides is 1. The third kappa shape index (κ3) is 6.15. The van der Waals surface area contributed by atoms with Crippen LogP contribution >= 0.6 is 12.4 Å². The van der Waals surface area contributed by atoms with Gasteiger partial charge in [0, 0.05) is 17.8 Å². The number of pyridine rings is 1. The molecule has 34 heavy (non-hydrogen) atoms. The SMILES string of the molecule is Cc1ccc(S(=O)(=O)Nc2ccc(C)c(CC(=O)NCc3ccc(N)nc3C)c2O)cc1F.Cl. The molecule has 0 fully saturated rings.